The fourth-order valence-electron chi connectivity index (χ4n) is 3.09. The Kier molecular flexibility index (Phi) is 6.82. The molecule has 3 atom stereocenters. The Morgan fingerprint density at radius 1 is 1.27 bits per heavy atom. The fourth-order valence-corrected chi connectivity index (χ4v) is 3.09. The number of carbonyl (C=O) groups is 1. The van der Waals surface area contributed by atoms with Crippen LogP contribution in [0.5, 0.6) is 0 Å². The largest absolute Gasteiger partial charge is 0.390 e. The average molecular weight is 312 g/mol. The van der Waals surface area contributed by atoms with Crippen molar-refractivity contribution in [3.05, 3.63) is 12.2 Å². The number of amides is 1. The number of hydrogen-bond acceptors (Lipinski definition) is 5. The quantitative estimate of drug-likeness (QED) is 0.565. The van der Waals surface area contributed by atoms with E-state index in [1.165, 1.54) is 0 Å². The van der Waals surface area contributed by atoms with Crippen LogP contribution >= 0.6 is 0 Å². The molecule has 2 N–H and O–H groups in total. The predicted molar refractivity (Wildman–Crippen MR) is 83.4 cm³/mol. The summed E-state index contributed by atoms with van der Waals surface area (Å²) in [6, 6.07) is -0.307. The van der Waals surface area contributed by atoms with Crippen LogP contribution in [0.15, 0.2) is 12.2 Å². The second-order valence-corrected chi connectivity index (χ2v) is 6.17. The molecule has 0 radical (unpaired) electrons. The van der Waals surface area contributed by atoms with Gasteiger partial charge in [-0.3, -0.25) is 9.69 Å². The first kappa shape index (κ1) is 17.4. The Bertz CT molecular complexity index is 382. The van der Waals surface area contributed by atoms with Gasteiger partial charge in [0.2, 0.25) is 5.91 Å². The van der Waals surface area contributed by atoms with Crippen LogP contribution < -0.4 is 0 Å². The molecule has 0 aromatic carbocycles. The number of nitrogens with zero attached hydrogens (tertiary/aromatic N) is 2. The average Bonchev–Trinajstić information content (AvgIpc) is 2.70. The van der Waals surface area contributed by atoms with E-state index in [1.807, 2.05) is 6.08 Å². The van der Waals surface area contributed by atoms with Crippen LogP contribution in [0.4, 0.5) is 0 Å². The summed E-state index contributed by atoms with van der Waals surface area (Å²) in [5.41, 5.74) is 0. The molecule has 1 heterocycles. The van der Waals surface area contributed by atoms with E-state index in [2.05, 4.69) is 4.90 Å². The summed E-state index contributed by atoms with van der Waals surface area (Å²) in [5.74, 6) is -0.119. The van der Waals surface area contributed by atoms with E-state index in [0.717, 1.165) is 52.1 Å². The van der Waals surface area contributed by atoms with Gasteiger partial charge in [-0.05, 0) is 12.8 Å². The second-order valence-electron chi connectivity index (χ2n) is 6.17. The second kappa shape index (κ2) is 8.62. The lowest BCUT2D eigenvalue weighted by Crippen LogP contribution is -2.48. The van der Waals surface area contributed by atoms with Crippen molar-refractivity contribution in [1.29, 1.82) is 0 Å². The molecule has 126 valence electrons. The molecule has 22 heavy (non-hydrogen) atoms. The van der Waals surface area contributed by atoms with Crippen LogP contribution in [0.3, 0.4) is 0 Å². The molecule has 2 rings (SSSR count). The zero-order valence-corrected chi connectivity index (χ0v) is 13.4. The molecule has 1 aliphatic carbocycles. The third kappa shape index (κ3) is 4.78. The minimum atomic E-state index is -0.857. The summed E-state index contributed by atoms with van der Waals surface area (Å²) < 4.78 is 5.29. The summed E-state index contributed by atoms with van der Waals surface area (Å²) in [4.78, 5) is 16.0. The number of likely N-dealkylation sites (N-methyl/N-ethyl adjacent to an activating group) is 1. The SMILES string of the molecule is CN(C(=O)/C=C/CN1CCOCC1)[C@@H]1CCCC[C@@H](O)[C@@H]1O. The van der Waals surface area contributed by atoms with Gasteiger partial charge in [-0.1, -0.05) is 18.9 Å². The van der Waals surface area contributed by atoms with Crippen LogP contribution in [-0.2, 0) is 9.53 Å². The molecule has 0 spiro atoms. The van der Waals surface area contributed by atoms with Crippen molar-refractivity contribution in [2.75, 3.05) is 39.9 Å². The molecule has 6 heteroatoms. The molecule has 6 nitrogen and oxygen atoms in total. The lowest BCUT2D eigenvalue weighted by atomic mass is 10.0. The van der Waals surface area contributed by atoms with Crippen molar-refractivity contribution in [2.24, 2.45) is 0 Å². The predicted octanol–water partition coefficient (Wildman–Crippen LogP) is -0.00240. The van der Waals surface area contributed by atoms with E-state index in [0.29, 0.717) is 6.42 Å². The van der Waals surface area contributed by atoms with E-state index in [4.69, 9.17) is 4.74 Å². The fraction of sp³-hybridized carbons (Fsp3) is 0.812. The maximum absolute atomic E-state index is 12.3. The Morgan fingerprint density at radius 2 is 1.95 bits per heavy atom. The summed E-state index contributed by atoms with van der Waals surface area (Å²) in [5, 5.41) is 20.1. The minimum absolute atomic E-state index is 0.119. The Labute approximate surface area is 132 Å². The molecule has 1 saturated heterocycles. The van der Waals surface area contributed by atoms with Crippen molar-refractivity contribution in [3.8, 4) is 0 Å². The molecule has 1 saturated carbocycles. The van der Waals surface area contributed by atoms with Crippen molar-refractivity contribution in [3.63, 3.8) is 0 Å². The third-order valence-corrected chi connectivity index (χ3v) is 4.61. The van der Waals surface area contributed by atoms with Gasteiger partial charge in [-0.2, -0.15) is 0 Å². The van der Waals surface area contributed by atoms with E-state index in [9.17, 15) is 15.0 Å². The minimum Gasteiger partial charge on any atom is -0.390 e. The summed E-state index contributed by atoms with van der Waals surface area (Å²) in [7, 11) is 1.70. The molecule has 1 aliphatic heterocycles. The number of aliphatic hydroxyl groups excluding tert-OH is 2. The Balaban J connectivity index is 1.84. The van der Waals surface area contributed by atoms with Crippen molar-refractivity contribution < 1.29 is 19.7 Å². The summed E-state index contributed by atoms with van der Waals surface area (Å²) >= 11 is 0. The van der Waals surface area contributed by atoms with Gasteiger partial charge in [0.1, 0.15) is 6.10 Å². The lowest BCUT2D eigenvalue weighted by molar-refractivity contribution is -0.131. The molecule has 1 amide bonds. The third-order valence-electron chi connectivity index (χ3n) is 4.61. The van der Waals surface area contributed by atoms with Gasteiger partial charge in [-0.25, -0.2) is 0 Å². The van der Waals surface area contributed by atoms with Crippen molar-refractivity contribution in [1.82, 2.24) is 9.80 Å². The number of rotatable bonds is 4. The number of hydrogen-bond donors (Lipinski definition) is 2. The zero-order valence-electron chi connectivity index (χ0n) is 13.4. The van der Waals surface area contributed by atoms with Crippen LogP contribution in [0.25, 0.3) is 0 Å². The Hall–Kier alpha value is -0.950. The molecular weight excluding hydrogens is 284 g/mol. The van der Waals surface area contributed by atoms with E-state index >= 15 is 0 Å². The number of ether oxygens (including phenoxy) is 1. The van der Waals surface area contributed by atoms with Crippen LogP contribution in [-0.4, -0.2) is 84.1 Å². The van der Waals surface area contributed by atoms with Gasteiger partial charge in [0.05, 0.1) is 25.4 Å². The highest BCUT2D eigenvalue weighted by Gasteiger charge is 2.32. The Morgan fingerprint density at radius 3 is 2.68 bits per heavy atom. The topological polar surface area (TPSA) is 73.2 Å². The number of carbonyl (C=O) groups excluding carboxylic acids is 1. The number of aliphatic hydroxyl groups is 2. The highest BCUT2D eigenvalue weighted by atomic mass is 16.5. The lowest BCUT2D eigenvalue weighted by Gasteiger charge is -2.32. The first-order valence-corrected chi connectivity index (χ1v) is 8.19. The van der Waals surface area contributed by atoms with E-state index in [1.54, 1.807) is 18.0 Å². The van der Waals surface area contributed by atoms with Gasteiger partial charge in [0, 0.05) is 32.8 Å². The smallest absolute Gasteiger partial charge is 0.246 e. The van der Waals surface area contributed by atoms with Crippen LogP contribution in [0.2, 0.25) is 0 Å². The standard InChI is InChI=1S/C16H28N2O4/c1-17(13-5-2-3-6-14(19)16(13)21)15(20)7-4-8-18-9-11-22-12-10-18/h4,7,13-14,16,19,21H,2-3,5-6,8-12H2,1H3/b7-4+/t13-,14-,16-/m1/s1. The monoisotopic (exact) mass is 312 g/mol. The van der Waals surface area contributed by atoms with Gasteiger partial charge < -0.3 is 19.8 Å². The summed E-state index contributed by atoms with van der Waals surface area (Å²) in [6.07, 6.45) is 4.99. The molecule has 0 aromatic rings. The van der Waals surface area contributed by atoms with E-state index in [-0.39, 0.29) is 11.9 Å². The van der Waals surface area contributed by atoms with Gasteiger partial charge in [0.15, 0.2) is 0 Å². The molecule has 0 unspecified atom stereocenters. The maximum atomic E-state index is 12.3. The van der Waals surface area contributed by atoms with E-state index < -0.39 is 12.2 Å². The highest BCUT2D eigenvalue weighted by molar-refractivity contribution is 5.87. The van der Waals surface area contributed by atoms with Crippen LogP contribution in [0, 0.1) is 0 Å². The van der Waals surface area contributed by atoms with Crippen LogP contribution in [0.1, 0.15) is 25.7 Å². The highest BCUT2D eigenvalue weighted by Crippen LogP contribution is 2.22. The molecule has 0 bridgehead atoms. The molecule has 0 aromatic heterocycles. The van der Waals surface area contributed by atoms with Gasteiger partial charge in [-0.15, -0.1) is 0 Å². The normalized spacial score (nSPS) is 31.1. The maximum Gasteiger partial charge on any atom is 0.246 e. The number of morpholine rings is 1. The summed E-state index contributed by atoms with van der Waals surface area (Å²) in [6.45, 7) is 4.00. The zero-order chi connectivity index (χ0) is 15.9. The molecule has 2 aliphatic rings. The first-order valence-electron chi connectivity index (χ1n) is 8.19. The molecular formula is C16H28N2O4. The van der Waals surface area contributed by atoms with Crippen molar-refractivity contribution in [2.45, 2.75) is 43.9 Å². The molecule has 2 fully saturated rings. The first-order chi connectivity index (χ1) is 10.6. The van der Waals surface area contributed by atoms with Gasteiger partial charge >= 0.3 is 0 Å². The van der Waals surface area contributed by atoms with Gasteiger partial charge in [0.25, 0.3) is 0 Å². The van der Waals surface area contributed by atoms with Crippen molar-refractivity contribution >= 4 is 5.91 Å².